The maximum atomic E-state index is 13.6. The second kappa shape index (κ2) is 8.08. The van der Waals surface area contributed by atoms with Crippen LogP contribution in [-0.2, 0) is 16.0 Å². The van der Waals surface area contributed by atoms with E-state index in [4.69, 9.17) is 4.74 Å². The zero-order valence-electron chi connectivity index (χ0n) is 12.8. The van der Waals surface area contributed by atoms with Crippen LogP contribution >= 0.6 is 0 Å². The van der Waals surface area contributed by atoms with Gasteiger partial charge in [-0.25, -0.2) is 9.18 Å². The molecule has 4 nitrogen and oxygen atoms in total. The van der Waals surface area contributed by atoms with Crippen LogP contribution in [0.2, 0.25) is 0 Å². The first kappa shape index (κ1) is 16.7. The van der Waals surface area contributed by atoms with Crippen molar-refractivity contribution in [2.24, 2.45) is 0 Å². The van der Waals surface area contributed by atoms with Gasteiger partial charge in [0.15, 0.2) is 0 Å². The Labute approximate surface area is 134 Å². The van der Waals surface area contributed by atoms with Crippen LogP contribution in [0.1, 0.15) is 29.3 Å². The molecular formula is C18H18FNO3. The van der Waals surface area contributed by atoms with Gasteiger partial charge in [-0.3, -0.25) is 4.79 Å². The van der Waals surface area contributed by atoms with Crippen molar-refractivity contribution in [2.45, 2.75) is 19.8 Å². The number of hydrogen-bond donors (Lipinski definition) is 1. The summed E-state index contributed by atoms with van der Waals surface area (Å²) in [6.45, 7) is 2.21. The summed E-state index contributed by atoms with van der Waals surface area (Å²) in [6.07, 6.45) is 0.610. The van der Waals surface area contributed by atoms with Crippen LogP contribution in [0.4, 0.5) is 10.1 Å². The highest BCUT2D eigenvalue weighted by Gasteiger charge is 2.15. The molecule has 0 unspecified atom stereocenters. The van der Waals surface area contributed by atoms with Gasteiger partial charge in [0.25, 0.3) is 0 Å². The van der Waals surface area contributed by atoms with E-state index < -0.39 is 17.7 Å². The van der Waals surface area contributed by atoms with Crippen LogP contribution in [-0.4, -0.2) is 18.5 Å². The monoisotopic (exact) mass is 315 g/mol. The van der Waals surface area contributed by atoms with Crippen molar-refractivity contribution in [3.8, 4) is 0 Å². The van der Waals surface area contributed by atoms with Gasteiger partial charge in [0.05, 0.1) is 24.3 Å². The van der Waals surface area contributed by atoms with Crippen LogP contribution in [0.15, 0.2) is 48.5 Å². The molecule has 0 heterocycles. The molecule has 0 fully saturated rings. The minimum absolute atomic E-state index is 0.106. The Morgan fingerprint density at radius 1 is 1.09 bits per heavy atom. The van der Waals surface area contributed by atoms with Gasteiger partial charge in [0, 0.05) is 0 Å². The van der Waals surface area contributed by atoms with Gasteiger partial charge in [0.2, 0.25) is 5.91 Å². The fourth-order valence-corrected chi connectivity index (χ4v) is 2.05. The SMILES string of the molecule is CCCOC(=O)c1ccccc1NC(=O)Cc1ccccc1F. The van der Waals surface area contributed by atoms with Gasteiger partial charge >= 0.3 is 5.97 Å². The van der Waals surface area contributed by atoms with Crippen molar-refractivity contribution >= 4 is 17.6 Å². The Bertz CT molecular complexity index is 700. The molecule has 0 aliphatic heterocycles. The van der Waals surface area contributed by atoms with Gasteiger partial charge in [-0.1, -0.05) is 37.3 Å². The third-order valence-electron chi connectivity index (χ3n) is 3.17. The molecule has 0 saturated heterocycles. The number of carbonyl (C=O) groups is 2. The summed E-state index contributed by atoms with van der Waals surface area (Å²) < 4.78 is 18.7. The molecule has 0 atom stereocenters. The molecular weight excluding hydrogens is 297 g/mol. The van der Waals surface area contributed by atoms with Crippen molar-refractivity contribution in [1.29, 1.82) is 0 Å². The van der Waals surface area contributed by atoms with E-state index in [2.05, 4.69) is 5.32 Å². The molecule has 0 aliphatic rings. The van der Waals surface area contributed by atoms with E-state index in [9.17, 15) is 14.0 Å². The second-order valence-electron chi connectivity index (χ2n) is 5.00. The van der Waals surface area contributed by atoms with Gasteiger partial charge < -0.3 is 10.1 Å². The average molecular weight is 315 g/mol. The Morgan fingerprint density at radius 2 is 1.78 bits per heavy atom. The molecule has 1 amide bonds. The number of rotatable bonds is 6. The molecule has 2 aromatic rings. The maximum absolute atomic E-state index is 13.6. The summed E-state index contributed by atoms with van der Waals surface area (Å²) in [5.41, 5.74) is 0.939. The number of halogens is 1. The van der Waals surface area contributed by atoms with Crippen LogP contribution in [0, 0.1) is 5.82 Å². The van der Waals surface area contributed by atoms with Gasteiger partial charge in [-0.2, -0.15) is 0 Å². The molecule has 5 heteroatoms. The maximum Gasteiger partial charge on any atom is 0.340 e. The molecule has 0 saturated carbocycles. The van der Waals surface area contributed by atoms with E-state index in [0.717, 1.165) is 0 Å². The normalized spacial score (nSPS) is 10.2. The number of ether oxygens (including phenoxy) is 1. The first-order valence-corrected chi connectivity index (χ1v) is 7.41. The molecule has 2 rings (SSSR count). The fraction of sp³-hybridized carbons (Fsp3) is 0.222. The zero-order valence-corrected chi connectivity index (χ0v) is 12.8. The molecule has 23 heavy (non-hydrogen) atoms. The summed E-state index contributed by atoms with van der Waals surface area (Å²) in [5.74, 6) is -1.32. The lowest BCUT2D eigenvalue weighted by atomic mass is 10.1. The Hall–Kier alpha value is -2.69. The second-order valence-corrected chi connectivity index (χ2v) is 5.00. The van der Waals surface area contributed by atoms with Crippen molar-refractivity contribution < 1.29 is 18.7 Å². The Kier molecular flexibility index (Phi) is 5.86. The van der Waals surface area contributed by atoms with Gasteiger partial charge in [-0.05, 0) is 30.2 Å². The van der Waals surface area contributed by atoms with E-state index in [0.29, 0.717) is 24.3 Å². The number of anilines is 1. The lowest BCUT2D eigenvalue weighted by molar-refractivity contribution is -0.115. The third kappa shape index (κ3) is 4.64. The van der Waals surface area contributed by atoms with E-state index in [-0.39, 0.29) is 12.0 Å². The lowest BCUT2D eigenvalue weighted by Gasteiger charge is -2.11. The molecule has 0 aromatic heterocycles. The predicted molar refractivity (Wildman–Crippen MR) is 85.7 cm³/mol. The topological polar surface area (TPSA) is 55.4 Å². The molecule has 120 valence electrons. The lowest BCUT2D eigenvalue weighted by Crippen LogP contribution is -2.18. The minimum atomic E-state index is -0.492. The van der Waals surface area contributed by atoms with E-state index in [1.54, 1.807) is 42.5 Å². The number of benzene rings is 2. The van der Waals surface area contributed by atoms with Gasteiger partial charge in [-0.15, -0.1) is 0 Å². The molecule has 0 radical (unpaired) electrons. The van der Waals surface area contributed by atoms with Gasteiger partial charge in [0.1, 0.15) is 5.82 Å². The molecule has 1 N–H and O–H groups in total. The number of para-hydroxylation sites is 1. The van der Waals surface area contributed by atoms with Crippen molar-refractivity contribution in [3.63, 3.8) is 0 Å². The Morgan fingerprint density at radius 3 is 2.52 bits per heavy atom. The van der Waals surface area contributed by atoms with Crippen LogP contribution < -0.4 is 5.32 Å². The largest absolute Gasteiger partial charge is 0.462 e. The fourth-order valence-electron chi connectivity index (χ4n) is 2.05. The number of hydrogen-bond acceptors (Lipinski definition) is 3. The Balaban J connectivity index is 2.09. The highest BCUT2D eigenvalue weighted by atomic mass is 19.1. The molecule has 0 aliphatic carbocycles. The molecule has 2 aromatic carbocycles. The van der Waals surface area contributed by atoms with E-state index in [1.807, 2.05) is 6.92 Å². The minimum Gasteiger partial charge on any atom is -0.462 e. The summed E-state index contributed by atoms with van der Waals surface area (Å²) >= 11 is 0. The number of carbonyl (C=O) groups excluding carboxylic acids is 2. The summed E-state index contributed by atoms with van der Waals surface area (Å²) in [6, 6.07) is 12.7. The van der Waals surface area contributed by atoms with Crippen LogP contribution in [0.3, 0.4) is 0 Å². The number of amides is 1. The van der Waals surface area contributed by atoms with E-state index in [1.165, 1.54) is 6.07 Å². The smallest absolute Gasteiger partial charge is 0.340 e. The summed E-state index contributed by atoms with van der Waals surface area (Å²) in [7, 11) is 0. The number of nitrogens with one attached hydrogen (secondary N) is 1. The van der Waals surface area contributed by atoms with Crippen LogP contribution in [0.25, 0.3) is 0 Å². The third-order valence-corrected chi connectivity index (χ3v) is 3.17. The highest BCUT2D eigenvalue weighted by molar-refractivity contribution is 6.01. The molecule has 0 spiro atoms. The quantitative estimate of drug-likeness (QED) is 0.829. The van der Waals surface area contributed by atoms with Crippen LogP contribution in [0.5, 0.6) is 0 Å². The highest BCUT2D eigenvalue weighted by Crippen LogP contribution is 2.17. The standard InChI is InChI=1S/C18H18FNO3/c1-2-11-23-18(22)14-8-4-6-10-16(14)20-17(21)12-13-7-3-5-9-15(13)19/h3-10H,2,11-12H2,1H3,(H,20,21). The summed E-state index contributed by atoms with van der Waals surface area (Å²) in [4.78, 5) is 24.1. The van der Waals surface area contributed by atoms with E-state index >= 15 is 0 Å². The first-order valence-electron chi connectivity index (χ1n) is 7.41. The molecule has 0 bridgehead atoms. The average Bonchev–Trinajstić information content (AvgIpc) is 2.55. The van der Waals surface area contributed by atoms with Crippen molar-refractivity contribution in [2.75, 3.05) is 11.9 Å². The van der Waals surface area contributed by atoms with Crippen molar-refractivity contribution in [1.82, 2.24) is 0 Å². The summed E-state index contributed by atoms with van der Waals surface area (Å²) in [5, 5.41) is 2.64. The van der Waals surface area contributed by atoms with Crippen molar-refractivity contribution in [3.05, 3.63) is 65.5 Å². The zero-order chi connectivity index (χ0) is 16.7. The number of esters is 1. The predicted octanol–water partition coefficient (Wildman–Crippen LogP) is 3.57. The first-order chi connectivity index (χ1) is 11.1.